The van der Waals surface area contributed by atoms with E-state index in [0.29, 0.717) is 24.7 Å². The summed E-state index contributed by atoms with van der Waals surface area (Å²) in [6, 6.07) is 4.03. The lowest BCUT2D eigenvalue weighted by atomic mass is 10.1. The Labute approximate surface area is 132 Å². The highest BCUT2D eigenvalue weighted by atomic mass is 35.5. The van der Waals surface area contributed by atoms with E-state index in [4.69, 9.17) is 17.3 Å². The highest BCUT2D eigenvalue weighted by molar-refractivity contribution is 6.31. The fraction of sp³-hybridized carbons (Fsp3) is 0.462. The summed E-state index contributed by atoms with van der Waals surface area (Å²) < 4.78 is 29.1. The minimum Gasteiger partial charge on any atom is -0.434 e. The van der Waals surface area contributed by atoms with Crippen LogP contribution in [-0.4, -0.2) is 37.1 Å². The van der Waals surface area contributed by atoms with E-state index in [-0.39, 0.29) is 35.5 Å². The molecule has 8 heteroatoms. The third kappa shape index (κ3) is 4.43. The second kappa shape index (κ2) is 7.77. The van der Waals surface area contributed by atoms with Crippen LogP contribution in [0.3, 0.4) is 0 Å². The van der Waals surface area contributed by atoms with E-state index in [1.54, 1.807) is 4.90 Å². The van der Waals surface area contributed by atoms with Gasteiger partial charge in [0.15, 0.2) is 0 Å². The van der Waals surface area contributed by atoms with Gasteiger partial charge in [-0.25, -0.2) is 0 Å². The first kappa shape index (κ1) is 17.9. The largest absolute Gasteiger partial charge is 0.434 e. The fourth-order valence-corrected chi connectivity index (χ4v) is 2.42. The fourth-order valence-electron chi connectivity index (χ4n) is 2.25. The summed E-state index contributed by atoms with van der Waals surface area (Å²) in [6.45, 7) is -1.41. The molecule has 0 aromatic heterocycles. The van der Waals surface area contributed by atoms with Crippen LogP contribution in [-0.2, 0) is 0 Å². The molecule has 1 fully saturated rings. The van der Waals surface area contributed by atoms with Gasteiger partial charge in [0.05, 0.1) is 5.56 Å². The first-order valence-electron chi connectivity index (χ1n) is 6.25. The molecule has 4 nitrogen and oxygen atoms in total. The smallest absolute Gasteiger partial charge is 0.387 e. The van der Waals surface area contributed by atoms with Crippen molar-refractivity contribution in [3.8, 4) is 5.75 Å². The van der Waals surface area contributed by atoms with E-state index in [9.17, 15) is 13.6 Å². The number of hydrogen-bond donors (Lipinski definition) is 1. The molecule has 1 aliphatic rings. The third-order valence-corrected chi connectivity index (χ3v) is 3.53. The molecule has 0 aliphatic carbocycles. The summed E-state index contributed by atoms with van der Waals surface area (Å²) in [6.07, 6.45) is 0.813. The van der Waals surface area contributed by atoms with Gasteiger partial charge in [-0.2, -0.15) is 8.78 Å². The molecule has 1 aliphatic heterocycles. The summed E-state index contributed by atoms with van der Waals surface area (Å²) in [4.78, 5) is 13.9. The summed E-state index contributed by atoms with van der Waals surface area (Å²) in [5.74, 6) is -0.276. The molecule has 0 radical (unpaired) electrons. The summed E-state index contributed by atoms with van der Waals surface area (Å²) in [5, 5.41) is 0.296. The Balaban J connectivity index is 0.00000220. The molecule has 2 rings (SSSR count). The Morgan fingerprint density at radius 3 is 2.81 bits per heavy atom. The van der Waals surface area contributed by atoms with Gasteiger partial charge >= 0.3 is 6.61 Å². The summed E-state index contributed by atoms with van der Waals surface area (Å²) in [5.41, 5.74) is 5.62. The lowest BCUT2D eigenvalue weighted by molar-refractivity contribution is -0.0502. The third-order valence-electron chi connectivity index (χ3n) is 3.29. The van der Waals surface area contributed by atoms with Crippen molar-refractivity contribution in [2.75, 3.05) is 19.6 Å². The molecule has 1 atom stereocenters. The maximum atomic E-state index is 12.4. The van der Waals surface area contributed by atoms with Crippen LogP contribution in [0, 0.1) is 5.92 Å². The second-order valence-corrected chi connectivity index (χ2v) is 5.10. The number of benzene rings is 1. The van der Waals surface area contributed by atoms with E-state index in [2.05, 4.69) is 4.74 Å². The molecular formula is C13H16Cl2F2N2O2. The van der Waals surface area contributed by atoms with Crippen molar-refractivity contribution in [2.45, 2.75) is 13.0 Å². The molecule has 21 heavy (non-hydrogen) atoms. The number of hydrogen-bond acceptors (Lipinski definition) is 3. The zero-order valence-corrected chi connectivity index (χ0v) is 12.7. The predicted molar refractivity (Wildman–Crippen MR) is 78.4 cm³/mol. The number of likely N-dealkylation sites (tertiary alicyclic amines) is 1. The minimum absolute atomic E-state index is 0. The van der Waals surface area contributed by atoms with E-state index in [1.165, 1.54) is 18.2 Å². The molecule has 0 bridgehead atoms. The van der Waals surface area contributed by atoms with Gasteiger partial charge in [-0.05, 0) is 37.1 Å². The Bertz CT molecular complexity index is 503. The quantitative estimate of drug-likeness (QED) is 0.916. The molecule has 0 saturated carbocycles. The van der Waals surface area contributed by atoms with Crippen molar-refractivity contribution in [3.05, 3.63) is 28.8 Å². The maximum Gasteiger partial charge on any atom is 0.387 e. The van der Waals surface area contributed by atoms with Crippen LogP contribution in [0.1, 0.15) is 16.8 Å². The molecule has 2 N–H and O–H groups in total. The Morgan fingerprint density at radius 1 is 1.52 bits per heavy atom. The van der Waals surface area contributed by atoms with Crippen molar-refractivity contribution in [3.63, 3.8) is 0 Å². The van der Waals surface area contributed by atoms with Crippen LogP contribution in [0.5, 0.6) is 5.75 Å². The highest BCUT2D eigenvalue weighted by Gasteiger charge is 2.28. The van der Waals surface area contributed by atoms with Crippen LogP contribution >= 0.6 is 24.0 Å². The molecular weight excluding hydrogens is 325 g/mol. The number of amides is 1. The van der Waals surface area contributed by atoms with Gasteiger partial charge in [0.2, 0.25) is 0 Å². The number of alkyl halides is 2. The standard InChI is InChI=1S/C13H15ClF2N2O2.ClH/c14-9-1-2-11(20-13(15)16)10(5-9)12(19)18-4-3-8(6-17)7-18;/h1-2,5,8,13H,3-4,6-7,17H2;1H. The van der Waals surface area contributed by atoms with Crippen LogP contribution < -0.4 is 10.5 Å². The maximum absolute atomic E-state index is 12.4. The Morgan fingerprint density at radius 2 is 2.24 bits per heavy atom. The molecule has 1 saturated heterocycles. The Hall–Kier alpha value is -1.11. The average molecular weight is 341 g/mol. The molecule has 1 aromatic carbocycles. The lowest BCUT2D eigenvalue weighted by Crippen LogP contribution is -2.30. The van der Waals surface area contributed by atoms with Crippen LogP contribution in [0.15, 0.2) is 18.2 Å². The van der Waals surface area contributed by atoms with Gasteiger partial charge in [0.1, 0.15) is 5.75 Å². The van der Waals surface area contributed by atoms with Gasteiger partial charge in [0, 0.05) is 18.1 Å². The average Bonchev–Trinajstić information content (AvgIpc) is 2.88. The zero-order chi connectivity index (χ0) is 14.7. The topological polar surface area (TPSA) is 55.6 Å². The monoisotopic (exact) mass is 340 g/mol. The van der Waals surface area contributed by atoms with Crippen LogP contribution in [0.25, 0.3) is 0 Å². The molecule has 118 valence electrons. The molecule has 0 spiro atoms. The molecule has 1 aromatic rings. The second-order valence-electron chi connectivity index (χ2n) is 4.66. The van der Waals surface area contributed by atoms with Crippen molar-refractivity contribution in [1.29, 1.82) is 0 Å². The van der Waals surface area contributed by atoms with Gasteiger partial charge in [-0.3, -0.25) is 4.79 Å². The lowest BCUT2D eigenvalue weighted by Gasteiger charge is -2.18. The first-order valence-corrected chi connectivity index (χ1v) is 6.62. The van der Waals surface area contributed by atoms with E-state index in [1.807, 2.05) is 0 Å². The molecule has 1 unspecified atom stereocenters. The molecule has 1 amide bonds. The van der Waals surface area contributed by atoms with Crippen molar-refractivity contribution in [1.82, 2.24) is 4.90 Å². The summed E-state index contributed by atoms with van der Waals surface area (Å²) >= 11 is 5.83. The number of rotatable bonds is 4. The predicted octanol–water partition coefficient (Wildman–Crippen LogP) is 2.78. The number of ether oxygens (including phenoxy) is 1. The number of nitrogens with zero attached hydrogens (tertiary/aromatic N) is 1. The van der Waals surface area contributed by atoms with Crippen LogP contribution in [0.2, 0.25) is 5.02 Å². The van der Waals surface area contributed by atoms with Gasteiger partial charge < -0.3 is 15.4 Å². The number of nitrogens with two attached hydrogens (primary N) is 1. The van der Waals surface area contributed by atoms with Crippen molar-refractivity contribution in [2.24, 2.45) is 11.7 Å². The van der Waals surface area contributed by atoms with E-state index < -0.39 is 6.61 Å². The number of carbonyl (C=O) groups excluding carboxylic acids is 1. The SMILES string of the molecule is Cl.NCC1CCN(C(=O)c2cc(Cl)ccc2OC(F)F)C1. The molecule has 1 heterocycles. The summed E-state index contributed by atoms with van der Waals surface area (Å²) in [7, 11) is 0. The van der Waals surface area contributed by atoms with Crippen molar-refractivity contribution < 1.29 is 18.3 Å². The van der Waals surface area contributed by atoms with Gasteiger partial charge in [-0.15, -0.1) is 12.4 Å². The number of carbonyl (C=O) groups is 1. The van der Waals surface area contributed by atoms with E-state index in [0.717, 1.165) is 6.42 Å². The number of halogens is 4. The van der Waals surface area contributed by atoms with Crippen molar-refractivity contribution >= 4 is 29.9 Å². The Kier molecular flexibility index (Phi) is 6.64. The zero-order valence-electron chi connectivity index (χ0n) is 11.1. The highest BCUT2D eigenvalue weighted by Crippen LogP contribution is 2.27. The normalized spacial score (nSPS) is 17.8. The first-order chi connectivity index (χ1) is 9.51. The minimum atomic E-state index is -2.99. The van der Waals surface area contributed by atoms with Gasteiger partial charge in [-0.1, -0.05) is 11.6 Å². The van der Waals surface area contributed by atoms with E-state index >= 15 is 0 Å². The van der Waals surface area contributed by atoms with Crippen LogP contribution in [0.4, 0.5) is 8.78 Å². The van der Waals surface area contributed by atoms with Gasteiger partial charge in [0.25, 0.3) is 5.91 Å².